The summed E-state index contributed by atoms with van der Waals surface area (Å²) < 4.78 is 11.2. The highest BCUT2D eigenvalue weighted by molar-refractivity contribution is 5.32. The summed E-state index contributed by atoms with van der Waals surface area (Å²) in [5.41, 5.74) is 1.20. The smallest absolute Gasteiger partial charge is 0.123 e. The number of rotatable bonds is 6. The molecule has 110 valence electrons. The van der Waals surface area contributed by atoms with Crippen LogP contribution in [0.25, 0.3) is 0 Å². The van der Waals surface area contributed by atoms with Crippen molar-refractivity contribution in [2.75, 3.05) is 33.4 Å². The Morgan fingerprint density at radius 2 is 2.20 bits per heavy atom. The zero-order valence-corrected chi connectivity index (χ0v) is 12.2. The van der Waals surface area contributed by atoms with Gasteiger partial charge < -0.3 is 14.8 Å². The molecule has 1 aromatic carbocycles. The molecule has 0 radical (unpaired) electrons. The van der Waals surface area contributed by atoms with Crippen molar-refractivity contribution in [3.8, 4) is 5.75 Å². The summed E-state index contributed by atoms with van der Waals surface area (Å²) >= 11 is 0. The molecule has 1 N–H and O–H groups in total. The molecule has 1 heterocycles. The van der Waals surface area contributed by atoms with Crippen molar-refractivity contribution >= 4 is 0 Å². The Kier molecular flexibility index (Phi) is 4.55. The Bertz CT molecular complexity index is 434. The van der Waals surface area contributed by atoms with Gasteiger partial charge in [0.1, 0.15) is 5.75 Å². The lowest BCUT2D eigenvalue weighted by atomic mass is 10.2. The van der Waals surface area contributed by atoms with Crippen LogP contribution >= 0.6 is 0 Å². The number of hydrogen-bond donors (Lipinski definition) is 1. The second kappa shape index (κ2) is 6.57. The average molecular weight is 276 g/mol. The fraction of sp³-hybridized carbons (Fsp3) is 0.625. The molecule has 0 bridgehead atoms. The van der Waals surface area contributed by atoms with Gasteiger partial charge in [-0.2, -0.15) is 0 Å². The molecule has 1 aliphatic carbocycles. The summed E-state index contributed by atoms with van der Waals surface area (Å²) in [5.74, 6) is 0.948. The van der Waals surface area contributed by atoms with Crippen molar-refractivity contribution in [1.82, 2.24) is 10.2 Å². The molecule has 0 unspecified atom stereocenters. The first-order valence-corrected chi connectivity index (χ1v) is 7.55. The van der Waals surface area contributed by atoms with Gasteiger partial charge in [0.15, 0.2) is 0 Å². The van der Waals surface area contributed by atoms with Gasteiger partial charge in [-0.3, -0.25) is 4.90 Å². The van der Waals surface area contributed by atoms with E-state index in [2.05, 4.69) is 16.3 Å². The van der Waals surface area contributed by atoms with E-state index in [1.165, 1.54) is 18.4 Å². The minimum absolute atomic E-state index is 0.319. The van der Waals surface area contributed by atoms with Gasteiger partial charge in [-0.05, 0) is 18.9 Å². The van der Waals surface area contributed by atoms with Crippen LogP contribution < -0.4 is 10.1 Å². The topological polar surface area (TPSA) is 33.7 Å². The largest absolute Gasteiger partial charge is 0.496 e. The van der Waals surface area contributed by atoms with E-state index in [0.29, 0.717) is 6.10 Å². The van der Waals surface area contributed by atoms with Crippen molar-refractivity contribution in [1.29, 1.82) is 0 Å². The van der Waals surface area contributed by atoms with Crippen LogP contribution in [0.15, 0.2) is 24.3 Å². The van der Waals surface area contributed by atoms with E-state index in [1.807, 2.05) is 18.2 Å². The average Bonchev–Trinajstić information content (AvgIpc) is 3.33. The molecule has 1 atom stereocenters. The molecule has 0 aromatic heterocycles. The van der Waals surface area contributed by atoms with Crippen LogP contribution in [0.1, 0.15) is 18.4 Å². The number of methoxy groups -OCH3 is 1. The lowest BCUT2D eigenvalue weighted by Crippen LogP contribution is -2.47. The van der Waals surface area contributed by atoms with Gasteiger partial charge in [-0.25, -0.2) is 0 Å². The summed E-state index contributed by atoms with van der Waals surface area (Å²) in [6.07, 6.45) is 3.07. The Hall–Kier alpha value is -1.10. The molecule has 4 nitrogen and oxygen atoms in total. The number of nitrogens with one attached hydrogen (secondary N) is 1. The first-order chi connectivity index (χ1) is 9.86. The minimum Gasteiger partial charge on any atom is -0.496 e. The van der Waals surface area contributed by atoms with Crippen LogP contribution in [0.5, 0.6) is 5.75 Å². The maximum atomic E-state index is 5.85. The van der Waals surface area contributed by atoms with Gasteiger partial charge in [0.2, 0.25) is 0 Å². The molecule has 3 rings (SSSR count). The Morgan fingerprint density at radius 3 is 3.00 bits per heavy atom. The van der Waals surface area contributed by atoms with Crippen LogP contribution in [0.2, 0.25) is 0 Å². The van der Waals surface area contributed by atoms with Crippen molar-refractivity contribution in [3.05, 3.63) is 29.8 Å². The van der Waals surface area contributed by atoms with E-state index >= 15 is 0 Å². The highest BCUT2D eigenvalue weighted by atomic mass is 16.5. The summed E-state index contributed by atoms with van der Waals surface area (Å²) in [4.78, 5) is 2.58. The molecule has 0 amide bonds. The number of nitrogens with zero attached hydrogens (tertiary/aromatic N) is 1. The number of morpholine rings is 1. The molecule has 2 aliphatic rings. The SMILES string of the molecule is COc1ccccc1CNC[C@H]1CN(C2CC2)CCO1. The van der Waals surface area contributed by atoms with Crippen molar-refractivity contribution in [2.45, 2.75) is 31.5 Å². The standard InChI is InChI=1S/C16H24N2O2/c1-19-16-5-3-2-4-13(16)10-17-11-15-12-18(8-9-20-15)14-6-7-14/h2-5,14-15,17H,6-12H2,1H3/t15-/m0/s1. The third kappa shape index (κ3) is 3.51. The second-order valence-corrected chi connectivity index (χ2v) is 5.66. The van der Waals surface area contributed by atoms with E-state index in [1.54, 1.807) is 7.11 Å². The van der Waals surface area contributed by atoms with E-state index in [0.717, 1.165) is 44.6 Å². The highest BCUT2D eigenvalue weighted by Crippen LogP contribution is 2.28. The zero-order chi connectivity index (χ0) is 13.8. The maximum Gasteiger partial charge on any atom is 0.123 e. The van der Waals surface area contributed by atoms with Gasteiger partial charge in [-0.15, -0.1) is 0 Å². The fourth-order valence-corrected chi connectivity index (χ4v) is 2.85. The number of benzene rings is 1. The maximum absolute atomic E-state index is 5.85. The van der Waals surface area contributed by atoms with Crippen molar-refractivity contribution in [3.63, 3.8) is 0 Å². The van der Waals surface area contributed by atoms with Crippen LogP contribution in [0.4, 0.5) is 0 Å². The number of ether oxygens (including phenoxy) is 2. The molecule has 1 aromatic rings. The molecule has 4 heteroatoms. The molecule has 20 heavy (non-hydrogen) atoms. The first-order valence-electron chi connectivity index (χ1n) is 7.55. The zero-order valence-electron chi connectivity index (χ0n) is 12.2. The summed E-state index contributed by atoms with van der Waals surface area (Å²) in [6, 6.07) is 8.99. The van der Waals surface area contributed by atoms with Gasteiger partial charge >= 0.3 is 0 Å². The molecular formula is C16H24N2O2. The van der Waals surface area contributed by atoms with Crippen molar-refractivity contribution < 1.29 is 9.47 Å². The third-order valence-electron chi connectivity index (χ3n) is 4.11. The predicted molar refractivity (Wildman–Crippen MR) is 79.0 cm³/mol. The van der Waals surface area contributed by atoms with Crippen molar-refractivity contribution in [2.24, 2.45) is 0 Å². The van der Waals surface area contributed by atoms with Gasteiger partial charge in [0, 0.05) is 37.8 Å². The summed E-state index contributed by atoms with van der Waals surface area (Å²) in [5, 5.41) is 3.49. The Balaban J connectivity index is 1.44. The first kappa shape index (κ1) is 13.9. The lowest BCUT2D eigenvalue weighted by molar-refractivity contribution is -0.0301. The normalized spacial score (nSPS) is 23.8. The van der Waals surface area contributed by atoms with Crippen LogP contribution in [-0.4, -0.2) is 50.4 Å². The van der Waals surface area contributed by atoms with E-state index in [-0.39, 0.29) is 0 Å². The number of para-hydroxylation sites is 1. The van der Waals surface area contributed by atoms with Gasteiger partial charge in [0.05, 0.1) is 19.8 Å². The monoisotopic (exact) mass is 276 g/mol. The number of hydrogen-bond acceptors (Lipinski definition) is 4. The summed E-state index contributed by atoms with van der Waals surface area (Å²) in [7, 11) is 1.72. The minimum atomic E-state index is 0.319. The summed E-state index contributed by atoms with van der Waals surface area (Å²) in [6.45, 7) is 4.78. The predicted octanol–water partition coefficient (Wildman–Crippen LogP) is 1.65. The van der Waals surface area contributed by atoms with E-state index in [4.69, 9.17) is 9.47 Å². The molecule has 1 saturated heterocycles. The molecule has 1 saturated carbocycles. The third-order valence-corrected chi connectivity index (χ3v) is 4.11. The molecule has 2 fully saturated rings. The van der Waals surface area contributed by atoms with Crippen LogP contribution in [-0.2, 0) is 11.3 Å². The van der Waals surface area contributed by atoms with Gasteiger partial charge in [0.25, 0.3) is 0 Å². The molecular weight excluding hydrogens is 252 g/mol. The highest BCUT2D eigenvalue weighted by Gasteiger charge is 2.32. The van der Waals surface area contributed by atoms with Crippen LogP contribution in [0, 0.1) is 0 Å². The quantitative estimate of drug-likeness (QED) is 0.856. The fourth-order valence-electron chi connectivity index (χ4n) is 2.85. The van der Waals surface area contributed by atoms with Crippen LogP contribution in [0.3, 0.4) is 0 Å². The van der Waals surface area contributed by atoms with E-state index < -0.39 is 0 Å². The Morgan fingerprint density at radius 1 is 1.35 bits per heavy atom. The lowest BCUT2D eigenvalue weighted by Gasteiger charge is -2.33. The van der Waals surface area contributed by atoms with E-state index in [9.17, 15) is 0 Å². The molecule has 0 spiro atoms. The molecule has 1 aliphatic heterocycles. The second-order valence-electron chi connectivity index (χ2n) is 5.66. The van der Waals surface area contributed by atoms with Gasteiger partial charge in [-0.1, -0.05) is 18.2 Å². The Labute approximate surface area is 121 Å².